The average Bonchev–Trinajstić information content (AvgIpc) is 3.19. The first-order chi connectivity index (χ1) is 15.7. The number of rotatable bonds is 10. The van der Waals surface area contributed by atoms with Gasteiger partial charge in [0, 0.05) is 31.8 Å². The van der Waals surface area contributed by atoms with Gasteiger partial charge in [0.05, 0.1) is 24.8 Å². The van der Waals surface area contributed by atoms with Gasteiger partial charge in [-0.05, 0) is 42.8 Å². The Labute approximate surface area is 187 Å². The molecule has 4 rings (SSSR count). The second-order valence-electron chi connectivity index (χ2n) is 7.27. The number of amides is 1. The average molecular weight is 431 g/mol. The Morgan fingerprint density at radius 2 is 1.88 bits per heavy atom. The summed E-state index contributed by atoms with van der Waals surface area (Å²) in [6, 6.07) is 21.0. The number of pyridine rings is 1. The van der Waals surface area contributed by atoms with Crippen molar-refractivity contribution in [3.63, 3.8) is 0 Å². The maximum atomic E-state index is 12.3. The molecular formula is C25H26N4O3. The van der Waals surface area contributed by atoms with E-state index < -0.39 is 0 Å². The topological polar surface area (TPSA) is 78.3 Å². The van der Waals surface area contributed by atoms with Crippen molar-refractivity contribution in [2.75, 3.05) is 20.3 Å². The first kappa shape index (κ1) is 21.4. The van der Waals surface area contributed by atoms with Gasteiger partial charge in [0.15, 0.2) is 0 Å². The lowest BCUT2D eigenvalue weighted by molar-refractivity contribution is 0.0949. The van der Waals surface area contributed by atoms with Crippen molar-refractivity contribution in [1.82, 2.24) is 19.9 Å². The Bertz CT molecular complexity index is 1170. The van der Waals surface area contributed by atoms with Crippen molar-refractivity contribution in [3.8, 4) is 11.5 Å². The minimum absolute atomic E-state index is 0.181. The Kier molecular flexibility index (Phi) is 6.97. The number of nitrogens with one attached hydrogen (secondary N) is 1. The summed E-state index contributed by atoms with van der Waals surface area (Å²) in [6.45, 7) is 1.84. The molecule has 2 heterocycles. The third kappa shape index (κ3) is 5.24. The number of aromatic nitrogens is 3. The number of carbonyl (C=O) groups is 1. The number of benzene rings is 2. The molecule has 0 fully saturated rings. The number of para-hydroxylation sites is 2. The molecule has 0 saturated carbocycles. The summed E-state index contributed by atoms with van der Waals surface area (Å²) < 4.78 is 13.3. The molecule has 7 nitrogen and oxygen atoms in total. The Morgan fingerprint density at radius 3 is 2.72 bits per heavy atom. The number of hydrogen-bond acceptors (Lipinski definition) is 5. The quantitative estimate of drug-likeness (QED) is 0.386. The maximum absolute atomic E-state index is 12.3. The number of carbonyl (C=O) groups excluding carboxylic acids is 1. The lowest BCUT2D eigenvalue weighted by Crippen LogP contribution is -2.27. The zero-order valence-corrected chi connectivity index (χ0v) is 18.0. The molecule has 0 radical (unpaired) electrons. The molecule has 0 aliphatic heterocycles. The Hall–Kier alpha value is -3.87. The minimum atomic E-state index is -0.181. The van der Waals surface area contributed by atoms with Crippen LogP contribution in [0.1, 0.15) is 22.7 Å². The highest BCUT2D eigenvalue weighted by Crippen LogP contribution is 2.20. The summed E-state index contributed by atoms with van der Waals surface area (Å²) >= 11 is 0. The van der Waals surface area contributed by atoms with E-state index in [2.05, 4.69) is 20.9 Å². The number of nitrogens with zero attached hydrogens (tertiary/aromatic N) is 3. The highest BCUT2D eigenvalue weighted by molar-refractivity contribution is 5.92. The second-order valence-corrected chi connectivity index (χ2v) is 7.27. The molecule has 1 N–H and O–H groups in total. The fourth-order valence-corrected chi connectivity index (χ4v) is 3.54. The molecule has 2 aromatic heterocycles. The van der Waals surface area contributed by atoms with Gasteiger partial charge in [0.2, 0.25) is 0 Å². The molecule has 0 aliphatic rings. The number of methoxy groups -OCH3 is 1. The van der Waals surface area contributed by atoms with Crippen molar-refractivity contribution in [2.45, 2.75) is 19.4 Å². The highest BCUT2D eigenvalue weighted by atomic mass is 16.5. The van der Waals surface area contributed by atoms with E-state index >= 15 is 0 Å². The second kappa shape index (κ2) is 10.4. The third-order valence-electron chi connectivity index (χ3n) is 5.10. The Morgan fingerprint density at radius 1 is 1.03 bits per heavy atom. The van der Waals surface area contributed by atoms with Crippen molar-refractivity contribution < 1.29 is 14.3 Å². The van der Waals surface area contributed by atoms with Crippen molar-refractivity contribution in [2.24, 2.45) is 0 Å². The lowest BCUT2D eigenvalue weighted by atomic mass is 10.3. The first-order valence-electron chi connectivity index (χ1n) is 10.6. The molecule has 32 heavy (non-hydrogen) atoms. The molecule has 0 aliphatic carbocycles. The van der Waals surface area contributed by atoms with E-state index in [1.807, 2.05) is 42.5 Å². The zero-order valence-electron chi connectivity index (χ0n) is 18.0. The summed E-state index contributed by atoms with van der Waals surface area (Å²) in [5.74, 6) is 2.32. The van der Waals surface area contributed by atoms with Crippen LogP contribution >= 0.6 is 0 Å². The molecule has 0 unspecified atom stereocenters. The van der Waals surface area contributed by atoms with Gasteiger partial charge in [-0.15, -0.1) is 0 Å². The monoisotopic (exact) mass is 430 g/mol. The van der Waals surface area contributed by atoms with Gasteiger partial charge >= 0.3 is 0 Å². The van der Waals surface area contributed by atoms with Crippen molar-refractivity contribution in [1.29, 1.82) is 0 Å². The van der Waals surface area contributed by atoms with Crippen LogP contribution < -0.4 is 14.8 Å². The summed E-state index contributed by atoms with van der Waals surface area (Å²) in [5.41, 5.74) is 2.45. The highest BCUT2D eigenvalue weighted by Gasteiger charge is 2.12. The van der Waals surface area contributed by atoms with Crippen LogP contribution in [0.25, 0.3) is 11.0 Å². The van der Waals surface area contributed by atoms with Crippen LogP contribution in [0.5, 0.6) is 11.5 Å². The normalized spacial score (nSPS) is 10.8. The molecule has 7 heteroatoms. The largest absolute Gasteiger partial charge is 0.497 e. The molecule has 0 bridgehead atoms. The van der Waals surface area contributed by atoms with Gasteiger partial charge in [-0.2, -0.15) is 0 Å². The van der Waals surface area contributed by atoms with Crippen LogP contribution in [0.3, 0.4) is 0 Å². The molecule has 0 saturated heterocycles. The fraction of sp³-hybridized carbons (Fsp3) is 0.240. The van der Waals surface area contributed by atoms with Gasteiger partial charge in [0.1, 0.15) is 23.0 Å². The smallest absolute Gasteiger partial charge is 0.269 e. The summed E-state index contributed by atoms with van der Waals surface area (Å²) in [5, 5.41) is 2.93. The SMILES string of the molecule is COc1cccc(OCCCn2c(CCNC(=O)c3ccccn3)nc3ccccc32)c1. The van der Waals surface area contributed by atoms with E-state index in [1.54, 1.807) is 31.5 Å². The van der Waals surface area contributed by atoms with E-state index in [0.717, 1.165) is 41.3 Å². The summed E-state index contributed by atoms with van der Waals surface area (Å²) in [6.07, 6.45) is 3.07. The molecule has 0 atom stereocenters. The molecule has 4 aromatic rings. The van der Waals surface area contributed by atoms with Gasteiger partial charge in [-0.3, -0.25) is 9.78 Å². The maximum Gasteiger partial charge on any atom is 0.269 e. The van der Waals surface area contributed by atoms with Crippen LogP contribution in [0.2, 0.25) is 0 Å². The molecule has 164 valence electrons. The molecule has 1 amide bonds. The number of aryl methyl sites for hydroxylation is 1. The lowest BCUT2D eigenvalue weighted by Gasteiger charge is -2.11. The number of ether oxygens (including phenoxy) is 2. The number of hydrogen-bond donors (Lipinski definition) is 1. The standard InChI is InChI=1S/C25H26N4O3/c1-31-19-8-6-9-20(18-19)32-17-7-16-29-23-12-3-2-10-21(23)28-24(29)13-15-27-25(30)22-11-4-5-14-26-22/h2-6,8-12,14,18H,7,13,15-17H2,1H3,(H,27,30). The molecule has 0 spiro atoms. The number of imidazole rings is 1. The van der Waals surface area contributed by atoms with E-state index in [-0.39, 0.29) is 5.91 Å². The van der Waals surface area contributed by atoms with Crippen LogP contribution in [0, 0.1) is 0 Å². The first-order valence-corrected chi connectivity index (χ1v) is 10.6. The van der Waals surface area contributed by atoms with Crippen LogP contribution in [-0.2, 0) is 13.0 Å². The van der Waals surface area contributed by atoms with E-state index in [1.165, 1.54) is 0 Å². The molecule has 2 aromatic carbocycles. The van der Waals surface area contributed by atoms with Gasteiger partial charge in [0.25, 0.3) is 5.91 Å². The van der Waals surface area contributed by atoms with Crippen LogP contribution in [0.4, 0.5) is 0 Å². The van der Waals surface area contributed by atoms with Gasteiger partial charge in [-0.1, -0.05) is 24.3 Å². The third-order valence-corrected chi connectivity index (χ3v) is 5.10. The van der Waals surface area contributed by atoms with E-state index in [4.69, 9.17) is 14.5 Å². The van der Waals surface area contributed by atoms with Crippen molar-refractivity contribution in [3.05, 3.63) is 84.4 Å². The predicted octanol–water partition coefficient (Wildman–Crippen LogP) is 3.88. The van der Waals surface area contributed by atoms with E-state index in [0.29, 0.717) is 25.3 Å². The van der Waals surface area contributed by atoms with Crippen molar-refractivity contribution >= 4 is 16.9 Å². The molecular weight excluding hydrogens is 404 g/mol. The zero-order chi connectivity index (χ0) is 22.2. The fourth-order valence-electron chi connectivity index (χ4n) is 3.54. The minimum Gasteiger partial charge on any atom is -0.497 e. The summed E-state index contributed by atoms with van der Waals surface area (Å²) in [7, 11) is 1.64. The summed E-state index contributed by atoms with van der Waals surface area (Å²) in [4.78, 5) is 21.1. The number of fused-ring (bicyclic) bond motifs is 1. The van der Waals surface area contributed by atoms with E-state index in [9.17, 15) is 4.79 Å². The predicted molar refractivity (Wildman–Crippen MR) is 123 cm³/mol. The van der Waals surface area contributed by atoms with Crippen LogP contribution in [-0.4, -0.2) is 40.7 Å². The Balaban J connectivity index is 1.37. The van der Waals surface area contributed by atoms with Gasteiger partial charge < -0.3 is 19.4 Å². The van der Waals surface area contributed by atoms with Gasteiger partial charge in [-0.25, -0.2) is 4.98 Å². The van der Waals surface area contributed by atoms with Crippen LogP contribution in [0.15, 0.2) is 72.9 Å².